The van der Waals surface area contributed by atoms with Crippen LogP contribution < -0.4 is 10.8 Å². The Kier molecular flexibility index (Phi) is 6.46. The van der Waals surface area contributed by atoms with Gasteiger partial charge in [0.2, 0.25) is 0 Å². The molecule has 0 aliphatic heterocycles. The van der Waals surface area contributed by atoms with E-state index in [9.17, 15) is 18.0 Å². The topological polar surface area (TPSA) is 77.4 Å². The molecule has 10 heteroatoms. The highest BCUT2D eigenvalue weighted by molar-refractivity contribution is 5.69. The summed E-state index contributed by atoms with van der Waals surface area (Å²) in [7, 11) is 1.45. The Balaban J connectivity index is 2.38. The summed E-state index contributed by atoms with van der Waals surface area (Å²) in [6.07, 6.45) is -4.04. The second kappa shape index (κ2) is 8.32. The van der Waals surface area contributed by atoms with Crippen molar-refractivity contribution in [2.45, 2.75) is 51.6 Å². The highest BCUT2D eigenvalue weighted by Gasteiger charge is 2.36. The lowest BCUT2D eigenvalue weighted by Crippen LogP contribution is -2.48. The lowest BCUT2D eigenvalue weighted by molar-refractivity contribution is -0.141. The molecule has 1 atom stereocenters. The van der Waals surface area contributed by atoms with E-state index in [0.717, 1.165) is 10.7 Å². The van der Waals surface area contributed by atoms with E-state index in [1.165, 1.54) is 13.3 Å². The van der Waals surface area contributed by atoms with Gasteiger partial charge in [-0.3, -0.25) is 15.0 Å². The zero-order chi connectivity index (χ0) is 21.9. The van der Waals surface area contributed by atoms with Crippen LogP contribution in [0.2, 0.25) is 0 Å². The SMILES string of the molecule is CONc1cccc(C(C)(Cn2ccc(C(F)(F)F)n2)NC(=O)OC(C)(C)C)c1. The molecule has 0 saturated carbocycles. The first-order valence-electron chi connectivity index (χ1n) is 8.84. The van der Waals surface area contributed by atoms with E-state index in [0.29, 0.717) is 11.3 Å². The lowest BCUT2D eigenvalue weighted by atomic mass is 9.91. The molecule has 1 unspecified atom stereocenters. The van der Waals surface area contributed by atoms with Crippen LogP contribution in [0.4, 0.5) is 23.7 Å². The van der Waals surface area contributed by atoms with Crippen molar-refractivity contribution in [2.75, 3.05) is 12.6 Å². The number of amides is 1. The van der Waals surface area contributed by atoms with Crippen molar-refractivity contribution < 1.29 is 27.5 Å². The van der Waals surface area contributed by atoms with Gasteiger partial charge in [0.15, 0.2) is 5.69 Å². The molecule has 0 saturated heterocycles. The second-order valence-electron chi connectivity index (χ2n) is 7.74. The molecule has 0 spiro atoms. The summed E-state index contributed by atoms with van der Waals surface area (Å²) in [5, 5.41) is 6.35. The molecule has 160 valence electrons. The van der Waals surface area contributed by atoms with E-state index in [2.05, 4.69) is 15.9 Å². The zero-order valence-electron chi connectivity index (χ0n) is 16.9. The number of nitrogens with one attached hydrogen (secondary N) is 2. The molecule has 0 bridgehead atoms. The van der Waals surface area contributed by atoms with Crippen LogP contribution in [0.3, 0.4) is 0 Å². The van der Waals surface area contributed by atoms with Crippen LogP contribution in [0.25, 0.3) is 0 Å². The normalized spacial score (nSPS) is 14.2. The van der Waals surface area contributed by atoms with Crippen LogP contribution in [0.5, 0.6) is 0 Å². The quantitative estimate of drug-likeness (QED) is 0.689. The lowest BCUT2D eigenvalue weighted by Gasteiger charge is -2.33. The minimum atomic E-state index is -4.55. The fraction of sp³-hybridized carbons (Fsp3) is 0.474. The number of anilines is 1. The van der Waals surface area contributed by atoms with E-state index in [4.69, 9.17) is 9.57 Å². The average molecular weight is 414 g/mol. The third kappa shape index (κ3) is 6.38. The molecule has 7 nitrogen and oxygen atoms in total. The van der Waals surface area contributed by atoms with Crippen LogP contribution in [-0.4, -0.2) is 28.6 Å². The maximum Gasteiger partial charge on any atom is 0.435 e. The minimum Gasteiger partial charge on any atom is -0.444 e. The van der Waals surface area contributed by atoms with Crippen LogP contribution in [0, 0.1) is 0 Å². The Morgan fingerprint density at radius 1 is 1.17 bits per heavy atom. The minimum absolute atomic E-state index is 0.0568. The monoisotopic (exact) mass is 414 g/mol. The molecule has 0 fully saturated rings. The molecule has 29 heavy (non-hydrogen) atoms. The average Bonchev–Trinajstić information content (AvgIpc) is 3.02. The van der Waals surface area contributed by atoms with Gasteiger partial charge in [0.05, 0.1) is 24.9 Å². The van der Waals surface area contributed by atoms with E-state index in [-0.39, 0.29) is 6.54 Å². The van der Waals surface area contributed by atoms with Crippen molar-refractivity contribution in [3.05, 3.63) is 47.8 Å². The summed E-state index contributed by atoms with van der Waals surface area (Å²) in [6.45, 7) is 6.78. The molecule has 2 N–H and O–H groups in total. The number of alkyl halides is 3. The van der Waals surface area contributed by atoms with E-state index >= 15 is 0 Å². The molecule has 1 heterocycles. The van der Waals surface area contributed by atoms with Gasteiger partial charge >= 0.3 is 12.3 Å². The molecule has 1 aromatic heterocycles. The largest absolute Gasteiger partial charge is 0.444 e. The Bertz CT molecular complexity index is 846. The van der Waals surface area contributed by atoms with Crippen molar-refractivity contribution in [2.24, 2.45) is 0 Å². The van der Waals surface area contributed by atoms with Crippen LogP contribution in [0.15, 0.2) is 36.5 Å². The summed E-state index contributed by atoms with van der Waals surface area (Å²) in [4.78, 5) is 17.3. The highest BCUT2D eigenvalue weighted by Crippen LogP contribution is 2.29. The first-order valence-corrected chi connectivity index (χ1v) is 8.84. The fourth-order valence-electron chi connectivity index (χ4n) is 2.70. The Morgan fingerprint density at radius 2 is 1.86 bits per heavy atom. The van der Waals surface area contributed by atoms with Crippen molar-refractivity contribution in [3.8, 4) is 0 Å². The van der Waals surface area contributed by atoms with Gasteiger partial charge in [-0.2, -0.15) is 18.3 Å². The predicted octanol–water partition coefficient (Wildman–Crippen LogP) is 4.32. The molecule has 1 aromatic carbocycles. The van der Waals surface area contributed by atoms with Crippen molar-refractivity contribution >= 4 is 11.8 Å². The third-order valence-corrected chi connectivity index (χ3v) is 3.91. The number of carbonyl (C=O) groups excluding carboxylic acids is 1. The van der Waals surface area contributed by atoms with Crippen molar-refractivity contribution in [3.63, 3.8) is 0 Å². The summed E-state index contributed by atoms with van der Waals surface area (Å²) in [5.74, 6) is 0. The maximum atomic E-state index is 12.9. The number of benzene rings is 1. The smallest absolute Gasteiger partial charge is 0.435 e. The molecule has 0 radical (unpaired) electrons. The number of ether oxygens (including phenoxy) is 1. The predicted molar refractivity (Wildman–Crippen MR) is 101 cm³/mol. The highest BCUT2D eigenvalue weighted by atomic mass is 19.4. The Hall–Kier alpha value is -2.75. The van der Waals surface area contributed by atoms with Crippen molar-refractivity contribution in [1.82, 2.24) is 15.1 Å². The summed E-state index contributed by atoms with van der Waals surface area (Å²) in [6, 6.07) is 7.82. The van der Waals surface area contributed by atoms with Crippen LogP contribution in [0.1, 0.15) is 39.0 Å². The number of aromatic nitrogens is 2. The first-order chi connectivity index (χ1) is 13.3. The number of hydrogen-bond acceptors (Lipinski definition) is 5. The molecular formula is C19H25F3N4O3. The van der Waals surface area contributed by atoms with Gasteiger partial charge in [-0.1, -0.05) is 12.1 Å². The molecule has 0 aliphatic rings. The number of hydrogen-bond donors (Lipinski definition) is 2. The first kappa shape index (κ1) is 22.5. The standard InChI is InChI=1S/C19H25F3N4O3/c1-17(2,3)29-16(27)23-18(4,13-7-6-8-14(11-13)25-28-5)12-26-10-9-15(24-26)19(20,21)22/h6-11,25H,12H2,1-5H3,(H,23,27). The van der Waals surface area contributed by atoms with E-state index < -0.39 is 29.1 Å². The van der Waals surface area contributed by atoms with Gasteiger partial charge in [0, 0.05) is 6.20 Å². The fourth-order valence-corrected chi connectivity index (χ4v) is 2.70. The van der Waals surface area contributed by atoms with Crippen LogP contribution in [-0.2, 0) is 27.8 Å². The van der Waals surface area contributed by atoms with E-state index in [1.54, 1.807) is 52.0 Å². The summed E-state index contributed by atoms with van der Waals surface area (Å²) >= 11 is 0. The van der Waals surface area contributed by atoms with Crippen molar-refractivity contribution in [1.29, 1.82) is 0 Å². The number of rotatable bonds is 6. The number of halogens is 3. The summed E-state index contributed by atoms with van der Waals surface area (Å²) in [5.41, 5.74) is 1.05. The van der Waals surface area contributed by atoms with Gasteiger partial charge in [-0.15, -0.1) is 0 Å². The molecule has 0 aliphatic carbocycles. The van der Waals surface area contributed by atoms with Crippen LogP contribution >= 0.6 is 0 Å². The second-order valence-corrected chi connectivity index (χ2v) is 7.74. The van der Waals surface area contributed by atoms with Gasteiger partial charge in [-0.05, 0) is 51.5 Å². The Labute approximate surface area is 167 Å². The van der Waals surface area contributed by atoms with E-state index in [1.807, 2.05) is 0 Å². The number of nitrogens with zero attached hydrogens (tertiary/aromatic N) is 2. The molecule has 2 aromatic rings. The Morgan fingerprint density at radius 3 is 2.41 bits per heavy atom. The van der Waals surface area contributed by atoms with Gasteiger partial charge in [0.1, 0.15) is 5.60 Å². The molecule has 1 amide bonds. The number of alkyl carbamates (subject to hydrolysis) is 1. The number of carbonyl (C=O) groups is 1. The van der Waals surface area contributed by atoms with Gasteiger partial charge < -0.3 is 10.1 Å². The third-order valence-electron chi connectivity index (χ3n) is 3.91. The summed E-state index contributed by atoms with van der Waals surface area (Å²) < 4.78 is 45.2. The maximum absolute atomic E-state index is 12.9. The zero-order valence-corrected chi connectivity index (χ0v) is 16.9. The molecule has 2 rings (SSSR count). The van der Waals surface area contributed by atoms with Gasteiger partial charge in [0.25, 0.3) is 0 Å². The molecular weight excluding hydrogens is 389 g/mol. The van der Waals surface area contributed by atoms with Gasteiger partial charge in [-0.25, -0.2) is 4.79 Å².